The molecule has 0 spiro atoms. The van der Waals surface area contributed by atoms with Crippen molar-refractivity contribution < 1.29 is 9.84 Å². The summed E-state index contributed by atoms with van der Waals surface area (Å²) in [6, 6.07) is 0. The summed E-state index contributed by atoms with van der Waals surface area (Å²) in [4.78, 5) is 0. The minimum atomic E-state index is -1.12. The van der Waals surface area contributed by atoms with Crippen molar-refractivity contribution in [1.82, 2.24) is 5.32 Å². The Labute approximate surface area is 41.3 Å². The van der Waals surface area contributed by atoms with Crippen molar-refractivity contribution >= 4 is 0 Å². The molecule has 1 aliphatic heterocycles. The highest BCUT2D eigenvalue weighted by atomic mass is 16.6. The first-order valence-electron chi connectivity index (χ1n) is 2.11. The van der Waals surface area contributed by atoms with E-state index < -0.39 is 6.41 Å². The number of aliphatic hydroxyl groups is 1. The van der Waals surface area contributed by atoms with Crippen LogP contribution in [-0.4, -0.2) is 24.3 Å². The minimum Gasteiger partial charge on any atom is -0.356 e. The topological polar surface area (TPSA) is 77.4 Å². The molecule has 1 aliphatic rings. The van der Waals surface area contributed by atoms with Crippen molar-refractivity contribution in [2.45, 2.75) is 12.6 Å². The summed E-state index contributed by atoms with van der Waals surface area (Å²) < 4.78 is 4.58. The van der Waals surface area contributed by atoms with E-state index in [1.807, 2.05) is 0 Å². The summed E-state index contributed by atoms with van der Waals surface area (Å²) in [5.41, 5.74) is 4.83. The molecule has 1 unspecified atom stereocenters. The van der Waals surface area contributed by atoms with E-state index in [4.69, 9.17) is 10.8 Å². The van der Waals surface area contributed by atoms with E-state index in [9.17, 15) is 0 Å². The van der Waals surface area contributed by atoms with Crippen molar-refractivity contribution in [3.05, 3.63) is 0 Å². The van der Waals surface area contributed by atoms with Crippen LogP contribution < -0.4 is 11.1 Å². The molecule has 1 saturated heterocycles. The van der Waals surface area contributed by atoms with Crippen molar-refractivity contribution in [2.75, 3.05) is 6.54 Å². The highest BCUT2D eigenvalue weighted by Crippen LogP contribution is 1.97. The lowest BCUT2D eigenvalue weighted by molar-refractivity contribution is -0.103. The van der Waals surface area contributed by atoms with Crippen LogP contribution in [0.3, 0.4) is 0 Å². The zero-order chi connectivity index (χ0) is 5.28. The van der Waals surface area contributed by atoms with Crippen LogP contribution in [0.2, 0.25) is 0 Å². The van der Waals surface area contributed by atoms with Crippen molar-refractivity contribution in [2.24, 2.45) is 5.73 Å². The number of ether oxygens (including phenoxy) is 1. The third-order valence-electron chi connectivity index (χ3n) is 0.674. The number of aliphatic hydroxyl groups excluding tert-OH is 1. The van der Waals surface area contributed by atoms with Crippen LogP contribution in [0.4, 0.5) is 0 Å². The minimum absolute atomic E-state index is 0.000000000000000222. The molecule has 2 atom stereocenters. The van der Waals surface area contributed by atoms with Gasteiger partial charge in [-0.3, -0.25) is 11.1 Å². The summed E-state index contributed by atoms with van der Waals surface area (Å²) >= 11 is 0. The molecule has 0 saturated carbocycles. The summed E-state index contributed by atoms with van der Waals surface area (Å²) in [6.07, 6.45) is -1.12. The lowest BCUT2D eigenvalue weighted by Gasteiger charge is -2.00. The van der Waals surface area contributed by atoms with Gasteiger partial charge in [-0.15, -0.1) is 0 Å². The molecule has 42 valence electrons. The van der Waals surface area contributed by atoms with Crippen molar-refractivity contribution in [3.8, 4) is 0 Å². The van der Waals surface area contributed by atoms with Crippen LogP contribution in [0.5, 0.6) is 0 Å². The Balaban J connectivity index is 1.97. The van der Waals surface area contributed by atoms with Gasteiger partial charge in [-0.25, -0.2) is 0 Å². The Morgan fingerprint density at radius 3 is 2.71 bits per heavy atom. The van der Waals surface area contributed by atoms with Gasteiger partial charge in [0.1, 0.15) is 6.23 Å². The first-order valence-corrected chi connectivity index (χ1v) is 2.11. The fourth-order valence-electron chi connectivity index (χ4n) is 0.313. The molecule has 1 rings (SSSR count). The predicted molar refractivity (Wildman–Crippen MR) is 23.1 cm³/mol. The van der Waals surface area contributed by atoms with Gasteiger partial charge in [0.25, 0.3) is 0 Å². The zero-order valence-corrected chi connectivity index (χ0v) is 3.79. The molecular weight excluding hydrogens is 96.0 g/mol. The molecule has 0 aromatic heterocycles. The molecule has 0 amide bonds. The molecular formula is C3H8N2O2. The second-order valence-electron chi connectivity index (χ2n) is 1.42. The monoisotopic (exact) mass is 104 g/mol. The molecule has 4 heteroatoms. The smallest absolute Gasteiger partial charge is 0.212 e. The quantitative estimate of drug-likeness (QED) is 0.284. The Morgan fingerprint density at radius 1 is 2.00 bits per heavy atom. The largest absolute Gasteiger partial charge is 0.356 e. The maximum Gasteiger partial charge on any atom is 0.212 e. The number of nitrogens with two attached hydrogens (primary N) is 1. The molecule has 1 heterocycles. The van der Waals surface area contributed by atoms with Crippen molar-refractivity contribution in [3.63, 3.8) is 0 Å². The Kier molecular flexibility index (Phi) is 1.25. The van der Waals surface area contributed by atoms with Crippen LogP contribution in [0.1, 0.15) is 0 Å². The van der Waals surface area contributed by atoms with Crippen LogP contribution >= 0.6 is 0 Å². The van der Waals surface area contributed by atoms with Gasteiger partial charge in [-0.05, 0) is 0 Å². The molecule has 1 fully saturated rings. The molecule has 0 aromatic rings. The van der Waals surface area contributed by atoms with Gasteiger partial charge in [0.15, 0.2) is 0 Å². The Morgan fingerprint density at radius 2 is 2.57 bits per heavy atom. The second-order valence-corrected chi connectivity index (χ2v) is 1.42. The highest BCUT2D eigenvalue weighted by Gasteiger charge is 2.22. The molecule has 4 nitrogen and oxygen atoms in total. The fourth-order valence-corrected chi connectivity index (χ4v) is 0.313. The van der Waals surface area contributed by atoms with E-state index in [1.165, 1.54) is 0 Å². The van der Waals surface area contributed by atoms with Crippen molar-refractivity contribution in [1.29, 1.82) is 0 Å². The predicted octanol–water partition coefficient (Wildman–Crippen LogP) is -1.83. The van der Waals surface area contributed by atoms with E-state index in [-0.39, 0.29) is 6.23 Å². The molecule has 0 radical (unpaired) electrons. The van der Waals surface area contributed by atoms with Gasteiger partial charge in [0.05, 0.1) is 0 Å². The Bertz CT molecular complexity index is 62.0. The van der Waals surface area contributed by atoms with Gasteiger partial charge in [0, 0.05) is 6.54 Å². The number of rotatable bonds is 2. The van der Waals surface area contributed by atoms with E-state index in [0.717, 1.165) is 6.54 Å². The number of hydrogen-bond acceptors (Lipinski definition) is 4. The van der Waals surface area contributed by atoms with E-state index in [1.54, 1.807) is 0 Å². The Hall–Kier alpha value is -0.160. The summed E-state index contributed by atoms with van der Waals surface area (Å²) in [7, 11) is 0. The maximum atomic E-state index is 8.28. The second kappa shape index (κ2) is 1.75. The first-order chi connectivity index (χ1) is 3.29. The third-order valence-corrected chi connectivity index (χ3v) is 0.674. The van der Waals surface area contributed by atoms with Gasteiger partial charge in [-0.2, -0.15) is 0 Å². The van der Waals surface area contributed by atoms with Crippen LogP contribution in [0.25, 0.3) is 0 Å². The normalized spacial score (nSPS) is 32.6. The average Bonchev–Trinajstić information content (AvgIpc) is 2.17. The van der Waals surface area contributed by atoms with E-state index in [2.05, 4.69) is 10.1 Å². The first kappa shape index (κ1) is 4.99. The molecule has 4 N–H and O–H groups in total. The molecule has 0 aliphatic carbocycles. The highest BCUT2D eigenvalue weighted by molar-refractivity contribution is 4.71. The van der Waals surface area contributed by atoms with Crippen LogP contribution in [0.15, 0.2) is 0 Å². The molecule has 0 bridgehead atoms. The van der Waals surface area contributed by atoms with Gasteiger partial charge in [-0.1, -0.05) is 0 Å². The third kappa shape index (κ3) is 1.84. The van der Waals surface area contributed by atoms with E-state index in [0.29, 0.717) is 0 Å². The van der Waals surface area contributed by atoms with Gasteiger partial charge < -0.3 is 9.84 Å². The van der Waals surface area contributed by atoms with Crippen LogP contribution in [0, 0.1) is 0 Å². The summed E-state index contributed by atoms with van der Waals surface area (Å²) in [5, 5.41) is 11.1. The summed E-state index contributed by atoms with van der Waals surface area (Å²) in [6.45, 7) is 0.800. The lowest BCUT2D eigenvalue weighted by atomic mass is 10.9. The standard InChI is InChI=1S/C3H8N2O2/c4-3(6)7-2-1-5-2/h2-3,5-6H,1,4H2/t2?,3-/m0/s1. The molecule has 7 heavy (non-hydrogen) atoms. The maximum absolute atomic E-state index is 8.28. The summed E-state index contributed by atoms with van der Waals surface area (Å²) in [5.74, 6) is 0. The molecule has 0 aromatic carbocycles. The average molecular weight is 104 g/mol. The van der Waals surface area contributed by atoms with Gasteiger partial charge in [0.2, 0.25) is 6.41 Å². The number of hydrogen-bond donors (Lipinski definition) is 3. The van der Waals surface area contributed by atoms with Gasteiger partial charge >= 0.3 is 0 Å². The lowest BCUT2D eigenvalue weighted by Crippen LogP contribution is -2.24. The SMILES string of the molecule is N[C@@H](O)OC1CN1. The number of nitrogens with one attached hydrogen (secondary N) is 1. The fraction of sp³-hybridized carbons (Fsp3) is 1.00. The van der Waals surface area contributed by atoms with E-state index >= 15 is 0 Å². The zero-order valence-electron chi connectivity index (χ0n) is 3.79. The van der Waals surface area contributed by atoms with Crippen LogP contribution in [-0.2, 0) is 4.74 Å².